The summed E-state index contributed by atoms with van der Waals surface area (Å²) in [6.45, 7) is 1.54. The number of aliphatic carboxylic acids is 1. The molecular formula is C14H23NO5. The van der Waals surface area contributed by atoms with Crippen LogP contribution in [0.2, 0.25) is 0 Å². The van der Waals surface area contributed by atoms with Gasteiger partial charge in [-0.05, 0) is 18.3 Å². The number of carboxylic acids is 1. The molecule has 114 valence electrons. The smallest absolute Gasteiger partial charge is 0.303 e. The summed E-state index contributed by atoms with van der Waals surface area (Å²) in [5.41, 5.74) is -0.353. The van der Waals surface area contributed by atoms with Crippen LogP contribution in [0.1, 0.15) is 38.5 Å². The van der Waals surface area contributed by atoms with Gasteiger partial charge in [0.05, 0.1) is 26.2 Å². The number of rotatable bonds is 6. The van der Waals surface area contributed by atoms with Crippen molar-refractivity contribution in [3.63, 3.8) is 0 Å². The maximum absolute atomic E-state index is 12.3. The SMILES string of the molecule is CN(CC1OCCO1)C(=O)CC1(CC(=O)O)CCCC1. The summed E-state index contributed by atoms with van der Waals surface area (Å²) in [6.07, 6.45) is 3.73. The van der Waals surface area contributed by atoms with Crippen molar-refractivity contribution in [2.45, 2.75) is 44.8 Å². The van der Waals surface area contributed by atoms with E-state index in [1.165, 1.54) is 0 Å². The first kappa shape index (κ1) is 15.3. The summed E-state index contributed by atoms with van der Waals surface area (Å²) >= 11 is 0. The van der Waals surface area contributed by atoms with Crippen LogP contribution in [-0.4, -0.2) is 55.0 Å². The average Bonchev–Trinajstić information content (AvgIpc) is 3.00. The predicted molar refractivity (Wildman–Crippen MR) is 71.1 cm³/mol. The molecule has 1 saturated heterocycles. The third kappa shape index (κ3) is 3.93. The van der Waals surface area contributed by atoms with Crippen molar-refractivity contribution in [3.8, 4) is 0 Å². The van der Waals surface area contributed by atoms with E-state index in [1.54, 1.807) is 11.9 Å². The maximum atomic E-state index is 12.3. The quantitative estimate of drug-likeness (QED) is 0.794. The molecule has 20 heavy (non-hydrogen) atoms. The molecule has 0 aromatic rings. The minimum Gasteiger partial charge on any atom is -0.481 e. The Bertz CT molecular complexity index is 359. The van der Waals surface area contributed by atoms with Crippen LogP contribution in [-0.2, 0) is 19.1 Å². The molecule has 0 bridgehead atoms. The summed E-state index contributed by atoms with van der Waals surface area (Å²) in [5, 5.41) is 9.06. The molecular weight excluding hydrogens is 262 g/mol. The highest BCUT2D eigenvalue weighted by atomic mass is 16.7. The lowest BCUT2D eigenvalue weighted by atomic mass is 9.79. The molecule has 1 aliphatic carbocycles. The van der Waals surface area contributed by atoms with Crippen LogP contribution < -0.4 is 0 Å². The minimum atomic E-state index is -0.815. The standard InChI is InChI=1S/C14H23NO5/c1-15(10-13-19-6-7-20-13)11(16)8-14(9-12(17)18)4-2-3-5-14/h13H,2-10H2,1H3,(H,17,18). The number of amides is 1. The van der Waals surface area contributed by atoms with Gasteiger partial charge in [0, 0.05) is 13.5 Å². The van der Waals surface area contributed by atoms with E-state index in [1.807, 2.05) is 0 Å². The number of hydrogen-bond acceptors (Lipinski definition) is 4. The number of carbonyl (C=O) groups is 2. The molecule has 1 aliphatic heterocycles. The maximum Gasteiger partial charge on any atom is 0.303 e. The van der Waals surface area contributed by atoms with Crippen molar-refractivity contribution in [1.82, 2.24) is 4.90 Å². The van der Waals surface area contributed by atoms with Crippen LogP contribution in [0.5, 0.6) is 0 Å². The van der Waals surface area contributed by atoms with E-state index in [9.17, 15) is 9.59 Å². The summed E-state index contributed by atoms with van der Waals surface area (Å²) in [5.74, 6) is -0.836. The Hall–Kier alpha value is -1.14. The summed E-state index contributed by atoms with van der Waals surface area (Å²) in [7, 11) is 1.72. The van der Waals surface area contributed by atoms with Crippen molar-refractivity contribution in [3.05, 3.63) is 0 Å². The van der Waals surface area contributed by atoms with E-state index < -0.39 is 5.97 Å². The Morgan fingerprint density at radius 2 is 1.80 bits per heavy atom. The van der Waals surface area contributed by atoms with Gasteiger partial charge in [-0.1, -0.05) is 12.8 Å². The number of likely N-dealkylation sites (N-methyl/N-ethyl adjacent to an activating group) is 1. The van der Waals surface area contributed by atoms with Gasteiger partial charge in [0.2, 0.25) is 5.91 Å². The fourth-order valence-corrected chi connectivity index (χ4v) is 3.16. The lowest BCUT2D eigenvalue weighted by molar-refractivity contribution is -0.142. The molecule has 0 atom stereocenters. The molecule has 2 fully saturated rings. The van der Waals surface area contributed by atoms with Gasteiger partial charge in [-0.3, -0.25) is 9.59 Å². The fraction of sp³-hybridized carbons (Fsp3) is 0.857. The van der Waals surface area contributed by atoms with Gasteiger partial charge in [0.15, 0.2) is 6.29 Å². The molecule has 1 heterocycles. The van der Waals surface area contributed by atoms with Crippen LogP contribution in [0.3, 0.4) is 0 Å². The monoisotopic (exact) mass is 285 g/mol. The third-order valence-corrected chi connectivity index (χ3v) is 4.26. The number of ether oxygens (including phenoxy) is 2. The van der Waals surface area contributed by atoms with E-state index in [0.717, 1.165) is 25.7 Å². The Morgan fingerprint density at radius 3 is 2.35 bits per heavy atom. The Kier molecular flexibility index (Phi) is 4.99. The minimum absolute atomic E-state index is 0.0211. The first-order valence-corrected chi connectivity index (χ1v) is 7.20. The van der Waals surface area contributed by atoms with Gasteiger partial charge in [-0.15, -0.1) is 0 Å². The molecule has 0 unspecified atom stereocenters. The molecule has 0 aromatic heterocycles. The highest BCUT2D eigenvalue weighted by Crippen LogP contribution is 2.44. The highest BCUT2D eigenvalue weighted by Gasteiger charge is 2.38. The van der Waals surface area contributed by atoms with Crippen LogP contribution in [0.4, 0.5) is 0 Å². The van der Waals surface area contributed by atoms with Crippen LogP contribution in [0, 0.1) is 5.41 Å². The summed E-state index contributed by atoms with van der Waals surface area (Å²) in [4.78, 5) is 24.9. The van der Waals surface area contributed by atoms with Crippen molar-refractivity contribution in [1.29, 1.82) is 0 Å². The Balaban J connectivity index is 1.88. The molecule has 2 rings (SSSR count). The number of carbonyl (C=O) groups excluding carboxylic acids is 1. The second-order valence-corrected chi connectivity index (χ2v) is 5.90. The van der Waals surface area contributed by atoms with E-state index in [4.69, 9.17) is 14.6 Å². The molecule has 6 nitrogen and oxygen atoms in total. The van der Waals surface area contributed by atoms with Crippen molar-refractivity contribution >= 4 is 11.9 Å². The fourth-order valence-electron chi connectivity index (χ4n) is 3.16. The summed E-state index contributed by atoms with van der Waals surface area (Å²) < 4.78 is 10.6. The van der Waals surface area contributed by atoms with Crippen molar-refractivity contribution < 1.29 is 24.2 Å². The first-order chi connectivity index (χ1) is 9.51. The predicted octanol–water partition coefficient (Wildman–Crippen LogP) is 1.24. The molecule has 0 spiro atoms. The second kappa shape index (κ2) is 6.54. The Morgan fingerprint density at radius 1 is 1.20 bits per heavy atom. The van der Waals surface area contributed by atoms with Crippen molar-refractivity contribution in [2.75, 3.05) is 26.8 Å². The normalized spacial score (nSPS) is 22.1. The van der Waals surface area contributed by atoms with Crippen LogP contribution in [0.15, 0.2) is 0 Å². The summed E-state index contributed by atoms with van der Waals surface area (Å²) in [6, 6.07) is 0. The van der Waals surface area contributed by atoms with Gasteiger partial charge in [0.25, 0.3) is 0 Å². The van der Waals surface area contributed by atoms with E-state index >= 15 is 0 Å². The number of nitrogens with zero attached hydrogens (tertiary/aromatic N) is 1. The molecule has 2 aliphatic rings. The van der Waals surface area contributed by atoms with Gasteiger partial charge < -0.3 is 19.5 Å². The van der Waals surface area contributed by atoms with Gasteiger partial charge in [-0.2, -0.15) is 0 Å². The lowest BCUT2D eigenvalue weighted by Crippen LogP contribution is -2.38. The number of carboxylic acid groups (broad SMARTS) is 1. The van der Waals surface area contributed by atoms with Gasteiger partial charge in [-0.25, -0.2) is 0 Å². The molecule has 6 heteroatoms. The first-order valence-electron chi connectivity index (χ1n) is 7.20. The van der Waals surface area contributed by atoms with Gasteiger partial charge in [0.1, 0.15) is 0 Å². The topological polar surface area (TPSA) is 76.1 Å². The zero-order valence-electron chi connectivity index (χ0n) is 12.0. The molecule has 0 aromatic carbocycles. The molecule has 0 radical (unpaired) electrons. The van der Waals surface area contributed by atoms with Crippen LogP contribution >= 0.6 is 0 Å². The number of hydrogen-bond donors (Lipinski definition) is 1. The van der Waals surface area contributed by atoms with E-state index in [-0.39, 0.29) is 24.0 Å². The van der Waals surface area contributed by atoms with Crippen LogP contribution in [0.25, 0.3) is 0 Å². The average molecular weight is 285 g/mol. The molecule has 1 amide bonds. The van der Waals surface area contributed by atoms with Gasteiger partial charge >= 0.3 is 5.97 Å². The van der Waals surface area contributed by atoms with E-state index in [2.05, 4.69) is 0 Å². The highest BCUT2D eigenvalue weighted by molar-refractivity contribution is 5.78. The zero-order valence-corrected chi connectivity index (χ0v) is 12.0. The lowest BCUT2D eigenvalue weighted by Gasteiger charge is -2.29. The molecule has 1 saturated carbocycles. The largest absolute Gasteiger partial charge is 0.481 e. The molecule has 1 N–H and O–H groups in total. The third-order valence-electron chi connectivity index (χ3n) is 4.26. The Labute approximate surface area is 119 Å². The zero-order chi connectivity index (χ0) is 14.6. The van der Waals surface area contributed by atoms with E-state index in [0.29, 0.717) is 26.2 Å². The van der Waals surface area contributed by atoms with Crippen molar-refractivity contribution in [2.24, 2.45) is 5.41 Å². The second-order valence-electron chi connectivity index (χ2n) is 5.90.